The van der Waals surface area contributed by atoms with Crippen LogP contribution in [0, 0.1) is 0 Å². The minimum absolute atomic E-state index is 0.0274. The minimum Gasteiger partial charge on any atom is -0.351 e. The molecule has 0 spiro atoms. The number of likely N-dealkylation sites (N-methyl/N-ethyl adjacent to an activating group) is 2. The Balaban J connectivity index is 1.46. The van der Waals surface area contributed by atoms with Gasteiger partial charge in [0.2, 0.25) is 11.9 Å². The average Bonchev–Trinajstić information content (AvgIpc) is 3.33. The molecule has 0 aromatic carbocycles. The summed E-state index contributed by atoms with van der Waals surface area (Å²) in [6, 6.07) is 0.603. The molecule has 1 aliphatic heterocycles. The number of rotatable bonds is 3. The van der Waals surface area contributed by atoms with E-state index in [0.717, 1.165) is 18.9 Å². The first-order valence-corrected chi connectivity index (χ1v) is 9.41. The first-order valence-electron chi connectivity index (χ1n) is 9.41. The van der Waals surface area contributed by atoms with Gasteiger partial charge in [0, 0.05) is 26.3 Å². The lowest BCUT2D eigenvalue weighted by Gasteiger charge is -2.36. The van der Waals surface area contributed by atoms with Crippen LogP contribution in [-0.4, -0.2) is 51.8 Å². The summed E-state index contributed by atoms with van der Waals surface area (Å²) in [5.74, 6) is 1.07. The standard InChI is InChI=1S/C18H22F3N7O/c1-10-16(29)27(3)13-9-22-17(24-15(13)26(10)2)23-11-4-5-12(8-11)28-7-6-14(25-28)18(19,20)21/h6-7,9-12H,4-5,8H2,1-3H3,(H,22,23,24)/t10-,11-,12-/m0/s1. The Morgan fingerprint density at radius 3 is 2.69 bits per heavy atom. The summed E-state index contributed by atoms with van der Waals surface area (Å²) in [5.41, 5.74) is -0.232. The van der Waals surface area contributed by atoms with E-state index in [9.17, 15) is 18.0 Å². The number of fused-ring (bicyclic) bond motifs is 1. The van der Waals surface area contributed by atoms with E-state index in [-0.39, 0.29) is 24.0 Å². The molecule has 1 amide bonds. The zero-order valence-electron chi connectivity index (χ0n) is 16.3. The molecule has 0 unspecified atom stereocenters. The summed E-state index contributed by atoms with van der Waals surface area (Å²) in [7, 11) is 3.51. The van der Waals surface area contributed by atoms with Crippen molar-refractivity contribution in [2.75, 3.05) is 29.2 Å². The van der Waals surface area contributed by atoms with Gasteiger partial charge in [-0.3, -0.25) is 9.48 Å². The van der Waals surface area contributed by atoms with E-state index in [4.69, 9.17) is 0 Å². The topological polar surface area (TPSA) is 79.2 Å². The van der Waals surface area contributed by atoms with Crippen molar-refractivity contribution in [3.05, 3.63) is 24.2 Å². The van der Waals surface area contributed by atoms with E-state index in [1.165, 1.54) is 10.9 Å². The first-order chi connectivity index (χ1) is 13.6. The molecule has 2 aromatic rings. The average molecular weight is 409 g/mol. The van der Waals surface area contributed by atoms with E-state index in [1.807, 2.05) is 18.9 Å². The molecular weight excluding hydrogens is 387 g/mol. The number of amides is 1. The highest BCUT2D eigenvalue weighted by molar-refractivity contribution is 6.03. The zero-order valence-corrected chi connectivity index (χ0v) is 16.3. The van der Waals surface area contributed by atoms with Gasteiger partial charge in [0.05, 0.1) is 12.2 Å². The quantitative estimate of drug-likeness (QED) is 0.840. The number of carbonyl (C=O) groups excluding carboxylic acids is 1. The van der Waals surface area contributed by atoms with Gasteiger partial charge in [0.1, 0.15) is 11.7 Å². The predicted molar refractivity (Wildman–Crippen MR) is 101 cm³/mol. The van der Waals surface area contributed by atoms with Gasteiger partial charge in [0.15, 0.2) is 11.5 Å². The van der Waals surface area contributed by atoms with Gasteiger partial charge in [-0.15, -0.1) is 0 Å². The molecule has 2 aromatic heterocycles. The Hall–Kier alpha value is -2.85. The van der Waals surface area contributed by atoms with Gasteiger partial charge >= 0.3 is 6.18 Å². The molecule has 3 heterocycles. The number of aromatic nitrogens is 4. The molecule has 156 valence electrons. The largest absolute Gasteiger partial charge is 0.435 e. The fourth-order valence-corrected chi connectivity index (χ4v) is 3.88. The maximum atomic E-state index is 12.8. The van der Waals surface area contributed by atoms with Gasteiger partial charge in [-0.25, -0.2) is 4.98 Å². The first kappa shape index (κ1) is 19.5. The van der Waals surface area contributed by atoms with Gasteiger partial charge < -0.3 is 15.1 Å². The Kier molecular flexibility index (Phi) is 4.62. The van der Waals surface area contributed by atoms with Gasteiger partial charge in [0.25, 0.3) is 0 Å². The van der Waals surface area contributed by atoms with Crippen molar-refractivity contribution in [2.45, 2.75) is 50.5 Å². The summed E-state index contributed by atoms with van der Waals surface area (Å²) in [6.45, 7) is 1.82. The van der Waals surface area contributed by atoms with Crippen molar-refractivity contribution in [3.8, 4) is 0 Å². The van der Waals surface area contributed by atoms with Crippen LogP contribution in [-0.2, 0) is 11.0 Å². The lowest BCUT2D eigenvalue weighted by atomic mass is 10.2. The monoisotopic (exact) mass is 409 g/mol. The highest BCUT2D eigenvalue weighted by Gasteiger charge is 2.36. The number of hydrogen-bond donors (Lipinski definition) is 1. The van der Waals surface area contributed by atoms with Gasteiger partial charge in [-0.1, -0.05) is 0 Å². The van der Waals surface area contributed by atoms with Crippen LogP contribution >= 0.6 is 0 Å². The molecule has 1 N–H and O–H groups in total. The second kappa shape index (κ2) is 6.89. The summed E-state index contributed by atoms with van der Waals surface area (Å²) >= 11 is 0. The third-order valence-corrected chi connectivity index (χ3v) is 5.73. The summed E-state index contributed by atoms with van der Waals surface area (Å²) in [4.78, 5) is 24.5. The summed E-state index contributed by atoms with van der Waals surface area (Å²) < 4.78 is 39.7. The van der Waals surface area contributed by atoms with Crippen LogP contribution in [0.2, 0.25) is 0 Å². The van der Waals surface area contributed by atoms with Crippen LogP contribution < -0.4 is 15.1 Å². The zero-order chi connectivity index (χ0) is 20.9. The predicted octanol–water partition coefficient (Wildman–Crippen LogP) is 2.70. The van der Waals surface area contributed by atoms with Gasteiger partial charge in [-0.2, -0.15) is 23.3 Å². The van der Waals surface area contributed by atoms with E-state index in [1.54, 1.807) is 18.1 Å². The van der Waals surface area contributed by atoms with Crippen molar-refractivity contribution < 1.29 is 18.0 Å². The molecule has 11 heteroatoms. The smallest absolute Gasteiger partial charge is 0.351 e. The Bertz CT molecular complexity index is 928. The molecule has 4 rings (SSSR count). The highest BCUT2D eigenvalue weighted by Crippen LogP contribution is 2.35. The Morgan fingerprint density at radius 2 is 2.00 bits per heavy atom. The Labute approximate surface area is 165 Å². The SMILES string of the molecule is C[C@H]1C(=O)N(C)c2cnc(N[C@H]3CC[C@H](n4ccc(C(F)(F)F)n4)C3)nc2N1C. The highest BCUT2D eigenvalue weighted by atomic mass is 19.4. The molecule has 0 radical (unpaired) electrons. The number of alkyl halides is 3. The molecule has 2 aliphatic rings. The van der Waals surface area contributed by atoms with E-state index < -0.39 is 11.9 Å². The summed E-state index contributed by atoms with van der Waals surface area (Å²) in [5, 5.41) is 6.96. The molecule has 29 heavy (non-hydrogen) atoms. The maximum Gasteiger partial charge on any atom is 0.435 e. The molecule has 3 atom stereocenters. The normalized spacial score (nSPS) is 24.8. The number of carbonyl (C=O) groups is 1. The third kappa shape index (κ3) is 3.49. The van der Waals surface area contributed by atoms with Crippen molar-refractivity contribution in [2.24, 2.45) is 0 Å². The molecule has 1 fully saturated rings. The van der Waals surface area contributed by atoms with Crippen molar-refractivity contribution in [1.29, 1.82) is 0 Å². The third-order valence-electron chi connectivity index (χ3n) is 5.73. The molecule has 1 saturated carbocycles. The number of nitrogens with zero attached hydrogens (tertiary/aromatic N) is 6. The van der Waals surface area contributed by atoms with Crippen LogP contribution in [0.25, 0.3) is 0 Å². The number of hydrogen-bond acceptors (Lipinski definition) is 6. The number of anilines is 3. The van der Waals surface area contributed by atoms with Crippen LogP contribution in [0.15, 0.2) is 18.5 Å². The van der Waals surface area contributed by atoms with Crippen LogP contribution in [0.5, 0.6) is 0 Å². The van der Waals surface area contributed by atoms with Crippen molar-refractivity contribution in [3.63, 3.8) is 0 Å². The van der Waals surface area contributed by atoms with E-state index >= 15 is 0 Å². The van der Waals surface area contributed by atoms with Crippen molar-refractivity contribution in [1.82, 2.24) is 19.7 Å². The fraction of sp³-hybridized carbons (Fsp3) is 0.556. The maximum absolute atomic E-state index is 12.8. The molecule has 0 saturated heterocycles. The van der Waals surface area contributed by atoms with Crippen molar-refractivity contribution >= 4 is 23.4 Å². The lowest BCUT2D eigenvalue weighted by Crippen LogP contribution is -2.49. The van der Waals surface area contributed by atoms with Crippen LogP contribution in [0.3, 0.4) is 0 Å². The lowest BCUT2D eigenvalue weighted by molar-refractivity contribution is -0.141. The van der Waals surface area contributed by atoms with E-state index in [2.05, 4.69) is 20.4 Å². The molecule has 8 nitrogen and oxygen atoms in total. The number of halogens is 3. The van der Waals surface area contributed by atoms with Gasteiger partial charge in [-0.05, 0) is 32.3 Å². The summed E-state index contributed by atoms with van der Waals surface area (Å²) in [6.07, 6.45) is 0.682. The molecule has 1 aliphatic carbocycles. The number of nitrogens with one attached hydrogen (secondary N) is 1. The minimum atomic E-state index is -4.43. The molecular formula is C18H22F3N7O. The van der Waals surface area contributed by atoms with Crippen LogP contribution in [0.1, 0.15) is 37.9 Å². The second-order valence-corrected chi connectivity index (χ2v) is 7.57. The second-order valence-electron chi connectivity index (χ2n) is 7.57. The van der Waals surface area contributed by atoms with Crippen LogP contribution in [0.4, 0.5) is 30.6 Å². The fourth-order valence-electron chi connectivity index (χ4n) is 3.88. The molecule has 0 bridgehead atoms. The van der Waals surface area contributed by atoms with E-state index in [0.29, 0.717) is 23.9 Å². The Morgan fingerprint density at radius 1 is 1.24 bits per heavy atom.